The summed E-state index contributed by atoms with van der Waals surface area (Å²) in [4.78, 5) is 8.73. The average Bonchev–Trinajstić information content (AvgIpc) is 2.45. The summed E-state index contributed by atoms with van der Waals surface area (Å²) in [5.74, 6) is 2.22. The zero-order valence-electron chi connectivity index (χ0n) is 13.1. The van der Waals surface area contributed by atoms with Crippen LogP contribution in [0.4, 0.5) is 11.8 Å². The molecule has 2 aromatic rings. The summed E-state index contributed by atoms with van der Waals surface area (Å²) in [5, 5.41) is 6.60. The van der Waals surface area contributed by atoms with Gasteiger partial charge in [0, 0.05) is 19.3 Å². The third-order valence-corrected chi connectivity index (χ3v) is 3.22. The molecule has 0 aliphatic rings. The van der Waals surface area contributed by atoms with E-state index < -0.39 is 0 Å². The van der Waals surface area contributed by atoms with E-state index in [1.165, 1.54) is 11.1 Å². The molecule has 0 aliphatic carbocycles. The molecule has 0 atom stereocenters. The third kappa shape index (κ3) is 5.42. The molecule has 1 heterocycles. The Balaban J connectivity index is 1.88. The molecule has 0 saturated carbocycles. The van der Waals surface area contributed by atoms with Gasteiger partial charge in [-0.1, -0.05) is 43.7 Å². The highest BCUT2D eigenvalue weighted by molar-refractivity contribution is 5.40. The minimum absolute atomic E-state index is 0.658. The number of rotatable bonds is 7. The fourth-order valence-electron chi connectivity index (χ4n) is 2.03. The molecule has 0 amide bonds. The summed E-state index contributed by atoms with van der Waals surface area (Å²) < 4.78 is 0. The maximum Gasteiger partial charge on any atom is 0.224 e. The topological polar surface area (TPSA) is 49.8 Å². The second-order valence-electron chi connectivity index (χ2n) is 5.72. The lowest BCUT2D eigenvalue weighted by Crippen LogP contribution is -2.09. The SMILES string of the molecule is Cc1cccc(CNc2nccc(NCCC(C)C)n2)c1. The average molecular weight is 284 g/mol. The van der Waals surface area contributed by atoms with Gasteiger partial charge in [-0.3, -0.25) is 0 Å². The van der Waals surface area contributed by atoms with Gasteiger partial charge < -0.3 is 10.6 Å². The fraction of sp³-hybridized carbons (Fsp3) is 0.412. The Kier molecular flexibility index (Phi) is 5.55. The van der Waals surface area contributed by atoms with Crippen molar-refractivity contribution in [3.05, 3.63) is 47.7 Å². The molecule has 112 valence electrons. The largest absolute Gasteiger partial charge is 0.370 e. The van der Waals surface area contributed by atoms with Crippen molar-refractivity contribution in [3.63, 3.8) is 0 Å². The van der Waals surface area contributed by atoms with Crippen molar-refractivity contribution in [3.8, 4) is 0 Å². The van der Waals surface area contributed by atoms with E-state index in [9.17, 15) is 0 Å². The lowest BCUT2D eigenvalue weighted by atomic mass is 10.1. The van der Waals surface area contributed by atoms with E-state index in [1.54, 1.807) is 6.20 Å². The summed E-state index contributed by atoms with van der Waals surface area (Å²) in [5.41, 5.74) is 2.50. The van der Waals surface area contributed by atoms with E-state index >= 15 is 0 Å². The molecule has 4 nitrogen and oxygen atoms in total. The molecule has 21 heavy (non-hydrogen) atoms. The normalized spacial score (nSPS) is 10.7. The second kappa shape index (κ2) is 7.62. The number of aromatic nitrogens is 2. The Bertz CT molecular complexity index is 566. The molecular weight excluding hydrogens is 260 g/mol. The number of hydrogen-bond acceptors (Lipinski definition) is 4. The summed E-state index contributed by atoms with van der Waals surface area (Å²) in [6, 6.07) is 10.3. The summed E-state index contributed by atoms with van der Waals surface area (Å²) in [7, 11) is 0. The maximum atomic E-state index is 4.47. The van der Waals surface area contributed by atoms with Crippen LogP contribution in [0.15, 0.2) is 36.5 Å². The van der Waals surface area contributed by atoms with E-state index in [4.69, 9.17) is 0 Å². The van der Waals surface area contributed by atoms with Crippen LogP contribution in [0.25, 0.3) is 0 Å². The fourth-order valence-corrected chi connectivity index (χ4v) is 2.03. The summed E-state index contributed by atoms with van der Waals surface area (Å²) >= 11 is 0. The van der Waals surface area contributed by atoms with Gasteiger partial charge in [0.2, 0.25) is 5.95 Å². The van der Waals surface area contributed by atoms with Crippen LogP contribution < -0.4 is 10.6 Å². The van der Waals surface area contributed by atoms with Crippen molar-refractivity contribution in [2.75, 3.05) is 17.2 Å². The number of nitrogens with zero attached hydrogens (tertiary/aromatic N) is 2. The van der Waals surface area contributed by atoms with Crippen molar-refractivity contribution in [1.29, 1.82) is 0 Å². The zero-order chi connectivity index (χ0) is 15.1. The molecule has 0 saturated heterocycles. The van der Waals surface area contributed by atoms with Crippen LogP contribution in [-0.2, 0) is 6.54 Å². The van der Waals surface area contributed by atoms with Crippen LogP contribution in [0.2, 0.25) is 0 Å². The Hall–Kier alpha value is -2.10. The van der Waals surface area contributed by atoms with Gasteiger partial charge in [-0.25, -0.2) is 4.98 Å². The Morgan fingerprint density at radius 2 is 2.00 bits per heavy atom. The maximum absolute atomic E-state index is 4.47. The van der Waals surface area contributed by atoms with Gasteiger partial charge in [0.25, 0.3) is 0 Å². The van der Waals surface area contributed by atoms with E-state index in [1.807, 2.05) is 6.07 Å². The first-order valence-electron chi connectivity index (χ1n) is 7.50. The number of nitrogens with one attached hydrogen (secondary N) is 2. The molecule has 0 radical (unpaired) electrons. The Morgan fingerprint density at radius 3 is 2.76 bits per heavy atom. The van der Waals surface area contributed by atoms with Crippen LogP contribution >= 0.6 is 0 Å². The minimum Gasteiger partial charge on any atom is -0.370 e. The van der Waals surface area contributed by atoms with Gasteiger partial charge in [0.05, 0.1) is 0 Å². The lowest BCUT2D eigenvalue weighted by Gasteiger charge is -2.09. The molecule has 2 N–H and O–H groups in total. The molecule has 2 rings (SSSR count). The number of anilines is 2. The molecule has 0 bridgehead atoms. The van der Waals surface area contributed by atoms with Gasteiger partial charge >= 0.3 is 0 Å². The first-order chi connectivity index (χ1) is 10.1. The molecule has 0 spiro atoms. The van der Waals surface area contributed by atoms with Crippen LogP contribution in [0.5, 0.6) is 0 Å². The smallest absolute Gasteiger partial charge is 0.224 e. The van der Waals surface area contributed by atoms with E-state index in [0.29, 0.717) is 11.9 Å². The van der Waals surface area contributed by atoms with Crippen LogP contribution in [0.3, 0.4) is 0 Å². The number of benzene rings is 1. The quantitative estimate of drug-likeness (QED) is 0.810. The highest BCUT2D eigenvalue weighted by Crippen LogP contribution is 2.09. The highest BCUT2D eigenvalue weighted by atomic mass is 15.1. The van der Waals surface area contributed by atoms with Crippen molar-refractivity contribution in [2.45, 2.75) is 33.7 Å². The molecule has 0 unspecified atom stereocenters. The van der Waals surface area contributed by atoms with Gasteiger partial charge in [0.1, 0.15) is 5.82 Å². The first kappa shape index (κ1) is 15.3. The highest BCUT2D eigenvalue weighted by Gasteiger charge is 2.00. The third-order valence-electron chi connectivity index (χ3n) is 3.22. The van der Waals surface area contributed by atoms with Gasteiger partial charge in [-0.05, 0) is 30.9 Å². The van der Waals surface area contributed by atoms with Crippen molar-refractivity contribution in [2.24, 2.45) is 5.92 Å². The van der Waals surface area contributed by atoms with E-state index in [2.05, 4.69) is 65.6 Å². The monoisotopic (exact) mass is 284 g/mol. The minimum atomic E-state index is 0.658. The van der Waals surface area contributed by atoms with Crippen LogP contribution in [-0.4, -0.2) is 16.5 Å². The van der Waals surface area contributed by atoms with Crippen LogP contribution in [0, 0.1) is 12.8 Å². The molecule has 4 heteroatoms. The Labute approximate surface area is 127 Å². The Morgan fingerprint density at radius 1 is 1.14 bits per heavy atom. The molecule has 0 fully saturated rings. The zero-order valence-corrected chi connectivity index (χ0v) is 13.1. The number of aryl methyl sites for hydroxylation is 1. The van der Waals surface area contributed by atoms with Gasteiger partial charge in [0.15, 0.2) is 0 Å². The second-order valence-corrected chi connectivity index (χ2v) is 5.72. The van der Waals surface area contributed by atoms with Crippen molar-refractivity contribution < 1.29 is 0 Å². The van der Waals surface area contributed by atoms with E-state index in [-0.39, 0.29) is 0 Å². The molecular formula is C17H24N4. The van der Waals surface area contributed by atoms with E-state index in [0.717, 1.165) is 25.3 Å². The number of hydrogen-bond donors (Lipinski definition) is 2. The summed E-state index contributed by atoms with van der Waals surface area (Å²) in [6.45, 7) is 8.20. The summed E-state index contributed by atoms with van der Waals surface area (Å²) in [6.07, 6.45) is 2.92. The molecule has 1 aromatic heterocycles. The van der Waals surface area contributed by atoms with Crippen molar-refractivity contribution in [1.82, 2.24) is 9.97 Å². The molecule has 0 aliphatic heterocycles. The first-order valence-corrected chi connectivity index (χ1v) is 7.50. The molecule has 1 aromatic carbocycles. The lowest BCUT2D eigenvalue weighted by molar-refractivity contribution is 0.606. The van der Waals surface area contributed by atoms with Crippen LogP contribution in [0.1, 0.15) is 31.4 Å². The predicted octanol–water partition coefficient (Wildman–Crippen LogP) is 3.86. The van der Waals surface area contributed by atoms with Crippen molar-refractivity contribution >= 4 is 11.8 Å². The predicted molar refractivity (Wildman–Crippen MR) is 88.5 cm³/mol. The van der Waals surface area contributed by atoms with Gasteiger partial charge in [-0.15, -0.1) is 0 Å². The van der Waals surface area contributed by atoms with Gasteiger partial charge in [-0.2, -0.15) is 4.98 Å². The standard InChI is InChI=1S/C17H24N4/c1-13(2)7-9-18-16-8-10-19-17(21-16)20-12-15-6-4-5-14(3)11-15/h4-6,8,10-11,13H,7,9,12H2,1-3H3,(H2,18,19,20,21).